The fourth-order valence-corrected chi connectivity index (χ4v) is 1.54. The molecule has 0 unspecified atom stereocenters. The van der Waals surface area contributed by atoms with Crippen LogP contribution in [0.4, 0.5) is 0 Å². The molecule has 5 heteroatoms. The van der Waals surface area contributed by atoms with Gasteiger partial charge in [-0.3, -0.25) is 4.57 Å². The molecule has 0 saturated carbocycles. The second-order valence-corrected chi connectivity index (χ2v) is 4.91. The highest BCUT2D eigenvalue weighted by molar-refractivity contribution is 7.59. The summed E-state index contributed by atoms with van der Waals surface area (Å²) in [5.41, 5.74) is -0.247. The van der Waals surface area contributed by atoms with Gasteiger partial charge < -0.3 is 14.2 Å². The second kappa shape index (κ2) is 3.66. The Morgan fingerprint density at radius 1 is 1.46 bits per heavy atom. The van der Waals surface area contributed by atoms with Crippen LogP contribution < -0.4 is 5.50 Å². The van der Waals surface area contributed by atoms with E-state index >= 15 is 0 Å². The largest absolute Gasteiger partial charge is 0.453 e. The molecular weight excluding hydrogens is 191 g/mol. The summed E-state index contributed by atoms with van der Waals surface area (Å²) < 4.78 is 15.7. The van der Waals surface area contributed by atoms with E-state index < -0.39 is 7.60 Å². The maximum Gasteiger partial charge on any atom is 0.391 e. The second-order valence-electron chi connectivity index (χ2n) is 3.38. The lowest BCUT2D eigenvalue weighted by molar-refractivity contribution is 0.372. The van der Waals surface area contributed by atoms with Crippen molar-refractivity contribution >= 4 is 13.1 Å². The van der Waals surface area contributed by atoms with Crippen LogP contribution in [0.3, 0.4) is 0 Å². The molecule has 0 bridgehead atoms. The van der Waals surface area contributed by atoms with Crippen molar-refractivity contribution < 1.29 is 18.8 Å². The van der Waals surface area contributed by atoms with Gasteiger partial charge in [-0.25, -0.2) is 0 Å². The van der Waals surface area contributed by atoms with E-state index in [2.05, 4.69) is 0 Å². The Bertz CT molecular complexity index is 323. The first-order chi connectivity index (χ1) is 5.89. The molecule has 0 radical (unpaired) electrons. The smallest absolute Gasteiger partial charge is 0.391 e. The lowest BCUT2D eigenvalue weighted by Crippen LogP contribution is -1.99. The molecule has 0 atom stereocenters. The maximum absolute atomic E-state index is 10.7. The minimum Gasteiger partial charge on any atom is -0.453 e. The molecule has 0 aliphatic carbocycles. The summed E-state index contributed by atoms with van der Waals surface area (Å²) in [6.45, 7) is 4.03. The molecule has 0 saturated heterocycles. The van der Waals surface area contributed by atoms with Crippen molar-refractivity contribution in [2.75, 3.05) is 0 Å². The standard InChI is InChI=1S/C8H13O4P/c1-6(2)5-7-3-4-8(12-7)13(9,10)11/h3-4,6H,5H2,1-2H3,(H2,9,10,11). The Hall–Kier alpha value is -0.570. The molecule has 0 aliphatic rings. The predicted molar refractivity (Wildman–Crippen MR) is 48.9 cm³/mol. The van der Waals surface area contributed by atoms with Gasteiger partial charge in [0, 0.05) is 6.42 Å². The molecule has 0 aromatic carbocycles. The zero-order valence-electron chi connectivity index (χ0n) is 7.60. The van der Waals surface area contributed by atoms with Gasteiger partial charge >= 0.3 is 7.60 Å². The van der Waals surface area contributed by atoms with Crippen LogP contribution in [0.2, 0.25) is 0 Å². The topological polar surface area (TPSA) is 70.7 Å². The third kappa shape index (κ3) is 2.99. The predicted octanol–water partition coefficient (Wildman–Crippen LogP) is 1.28. The van der Waals surface area contributed by atoms with E-state index in [4.69, 9.17) is 14.2 Å². The fraction of sp³-hybridized carbons (Fsp3) is 0.500. The molecule has 4 nitrogen and oxygen atoms in total. The lowest BCUT2D eigenvalue weighted by atomic mass is 10.1. The molecule has 2 N–H and O–H groups in total. The summed E-state index contributed by atoms with van der Waals surface area (Å²) in [5, 5.41) is 0. The average molecular weight is 204 g/mol. The maximum atomic E-state index is 10.7. The van der Waals surface area contributed by atoms with Crippen molar-refractivity contribution in [3.8, 4) is 0 Å². The summed E-state index contributed by atoms with van der Waals surface area (Å²) in [6.07, 6.45) is 0.694. The van der Waals surface area contributed by atoms with Crippen LogP contribution in [0.25, 0.3) is 0 Å². The van der Waals surface area contributed by atoms with Gasteiger partial charge in [0.1, 0.15) is 5.76 Å². The van der Waals surface area contributed by atoms with Gasteiger partial charge in [-0.15, -0.1) is 0 Å². The average Bonchev–Trinajstić information content (AvgIpc) is 2.32. The first kappa shape index (κ1) is 10.5. The normalized spacial score (nSPS) is 12.4. The van der Waals surface area contributed by atoms with E-state index in [-0.39, 0.29) is 5.50 Å². The number of hydrogen-bond donors (Lipinski definition) is 2. The minimum atomic E-state index is -4.21. The van der Waals surface area contributed by atoms with Gasteiger partial charge in [-0.2, -0.15) is 0 Å². The van der Waals surface area contributed by atoms with Crippen molar-refractivity contribution in [1.82, 2.24) is 0 Å². The van der Waals surface area contributed by atoms with Gasteiger partial charge in [0.25, 0.3) is 0 Å². The Morgan fingerprint density at radius 3 is 2.46 bits per heavy atom. The zero-order valence-corrected chi connectivity index (χ0v) is 8.49. The molecule has 13 heavy (non-hydrogen) atoms. The third-order valence-electron chi connectivity index (χ3n) is 1.54. The molecule has 0 spiro atoms. The Balaban J connectivity index is 2.81. The van der Waals surface area contributed by atoms with Gasteiger partial charge in [-0.05, 0) is 18.1 Å². The highest BCUT2D eigenvalue weighted by atomic mass is 31.2. The van der Waals surface area contributed by atoms with Gasteiger partial charge in [0.05, 0.1) is 0 Å². The van der Waals surface area contributed by atoms with E-state index in [1.54, 1.807) is 6.07 Å². The van der Waals surface area contributed by atoms with E-state index in [1.165, 1.54) is 6.07 Å². The molecule has 1 heterocycles. The molecule has 0 aliphatic heterocycles. The summed E-state index contributed by atoms with van der Waals surface area (Å²) in [6, 6.07) is 2.94. The monoisotopic (exact) mass is 204 g/mol. The summed E-state index contributed by atoms with van der Waals surface area (Å²) in [5.74, 6) is 1.03. The molecule has 1 aromatic rings. The van der Waals surface area contributed by atoms with Crippen LogP contribution in [-0.2, 0) is 11.0 Å². The quantitative estimate of drug-likeness (QED) is 0.727. The molecule has 0 amide bonds. The highest BCUT2D eigenvalue weighted by Crippen LogP contribution is 2.33. The SMILES string of the molecule is CC(C)Cc1ccc(P(=O)(O)O)o1. The third-order valence-corrected chi connectivity index (χ3v) is 2.36. The zero-order chi connectivity index (χ0) is 10.1. The van der Waals surface area contributed by atoms with Crippen molar-refractivity contribution in [2.24, 2.45) is 5.92 Å². The van der Waals surface area contributed by atoms with E-state index in [9.17, 15) is 4.57 Å². The van der Waals surface area contributed by atoms with Crippen molar-refractivity contribution in [2.45, 2.75) is 20.3 Å². The van der Waals surface area contributed by atoms with Crippen LogP contribution in [0.1, 0.15) is 19.6 Å². The minimum absolute atomic E-state index is 0.247. The summed E-state index contributed by atoms with van der Waals surface area (Å²) in [7, 11) is -4.21. The van der Waals surface area contributed by atoms with Gasteiger partial charge in [-0.1, -0.05) is 13.8 Å². The van der Waals surface area contributed by atoms with Gasteiger partial charge in [0.2, 0.25) is 5.50 Å². The van der Waals surface area contributed by atoms with Crippen molar-refractivity contribution in [3.05, 3.63) is 17.9 Å². The first-order valence-electron chi connectivity index (χ1n) is 4.04. The number of rotatable bonds is 3. The molecule has 0 fully saturated rings. The van der Waals surface area contributed by atoms with E-state index in [0.717, 1.165) is 0 Å². The van der Waals surface area contributed by atoms with Crippen LogP contribution in [0.5, 0.6) is 0 Å². The van der Waals surface area contributed by atoms with E-state index in [1.807, 2.05) is 13.8 Å². The Labute approximate surface area is 76.7 Å². The Kier molecular flexibility index (Phi) is 2.96. The lowest BCUT2D eigenvalue weighted by Gasteiger charge is -2.01. The van der Waals surface area contributed by atoms with E-state index in [0.29, 0.717) is 18.1 Å². The molecular formula is C8H13O4P. The van der Waals surface area contributed by atoms with Crippen LogP contribution in [0.15, 0.2) is 16.5 Å². The van der Waals surface area contributed by atoms with Crippen LogP contribution in [0, 0.1) is 5.92 Å². The fourth-order valence-electron chi connectivity index (χ4n) is 1.04. The molecule has 1 rings (SSSR count). The van der Waals surface area contributed by atoms with Crippen molar-refractivity contribution in [3.63, 3.8) is 0 Å². The number of furan rings is 1. The molecule has 1 aromatic heterocycles. The number of hydrogen-bond acceptors (Lipinski definition) is 2. The first-order valence-corrected chi connectivity index (χ1v) is 5.65. The van der Waals surface area contributed by atoms with Crippen LogP contribution >= 0.6 is 7.60 Å². The van der Waals surface area contributed by atoms with Crippen molar-refractivity contribution in [1.29, 1.82) is 0 Å². The summed E-state index contributed by atoms with van der Waals surface area (Å²) in [4.78, 5) is 17.5. The Morgan fingerprint density at radius 2 is 2.08 bits per heavy atom. The van der Waals surface area contributed by atoms with Crippen LogP contribution in [-0.4, -0.2) is 9.79 Å². The molecule has 74 valence electrons. The summed E-state index contributed by atoms with van der Waals surface area (Å²) >= 11 is 0. The highest BCUT2D eigenvalue weighted by Gasteiger charge is 2.21. The van der Waals surface area contributed by atoms with Gasteiger partial charge in [0.15, 0.2) is 0 Å².